The Morgan fingerprint density at radius 1 is 0.750 bits per heavy atom. The maximum Gasteiger partial charge on any atom is 0.673 e. The van der Waals surface area contributed by atoms with Crippen molar-refractivity contribution in [2.75, 3.05) is 66.8 Å². The van der Waals surface area contributed by atoms with Crippen LogP contribution in [-0.4, -0.2) is 89.3 Å². The monoisotopic (exact) mass is 562 g/mol. The van der Waals surface area contributed by atoms with E-state index in [1.165, 1.54) is 22.5 Å². The highest BCUT2D eigenvalue weighted by molar-refractivity contribution is 6.50. The van der Waals surface area contributed by atoms with Crippen molar-refractivity contribution in [1.29, 1.82) is 0 Å². The van der Waals surface area contributed by atoms with Gasteiger partial charge in [0, 0.05) is 30.4 Å². The summed E-state index contributed by atoms with van der Waals surface area (Å²) in [5, 5.41) is 0. The number of morpholine rings is 2. The first-order valence-electron chi connectivity index (χ1n) is 13.0. The minimum atomic E-state index is -6.00. The van der Waals surface area contributed by atoms with Gasteiger partial charge >= 0.3 is 7.25 Å². The van der Waals surface area contributed by atoms with Crippen LogP contribution >= 0.6 is 0 Å². The van der Waals surface area contributed by atoms with Crippen LogP contribution in [0.4, 0.5) is 17.3 Å². The molecule has 2 aromatic carbocycles. The quantitative estimate of drug-likeness (QED) is 0.189. The summed E-state index contributed by atoms with van der Waals surface area (Å²) >= 11 is 0. The second-order valence-corrected chi connectivity index (χ2v) is 8.83. The van der Waals surface area contributed by atoms with E-state index in [9.17, 15) is 17.3 Å². The summed E-state index contributed by atoms with van der Waals surface area (Å²) in [6.07, 6.45) is 10.7. The molecular weight excluding hydrogens is 527 g/mol. The average Bonchev–Trinajstić information content (AvgIpc) is 2.97. The molecule has 2 saturated heterocycles. The number of benzene rings is 2. The molecule has 0 bridgehead atoms. The predicted octanol–water partition coefficient (Wildman–Crippen LogP) is 5.32. The highest BCUT2D eigenvalue weighted by Gasteiger charge is 2.21. The van der Waals surface area contributed by atoms with Crippen molar-refractivity contribution in [1.82, 2.24) is 4.90 Å². The van der Waals surface area contributed by atoms with E-state index in [-0.39, 0.29) is 0 Å². The highest BCUT2D eigenvalue weighted by atomic mass is 19.5. The molecule has 2 heterocycles. The number of rotatable bonds is 8. The lowest BCUT2D eigenvalue weighted by Crippen LogP contribution is -2.34. The third-order valence-corrected chi connectivity index (χ3v) is 6.21. The van der Waals surface area contributed by atoms with Crippen LogP contribution in [0.2, 0.25) is 0 Å². The van der Waals surface area contributed by atoms with Crippen molar-refractivity contribution >= 4 is 18.7 Å². The Hall–Kier alpha value is -3.57. The van der Waals surface area contributed by atoms with Gasteiger partial charge in [-0.2, -0.15) is 0 Å². The molecule has 0 saturated carbocycles. The summed E-state index contributed by atoms with van der Waals surface area (Å²) in [6.45, 7) is 6.52. The Bertz CT molecular complexity index is 1160. The van der Waals surface area contributed by atoms with Crippen molar-refractivity contribution < 1.29 is 40.8 Å². The minimum Gasteiger partial charge on any atom is -0.497 e. The van der Waals surface area contributed by atoms with Crippen molar-refractivity contribution in [3.8, 4) is 11.5 Å². The largest absolute Gasteiger partial charge is 0.673 e. The molecule has 0 aromatic heterocycles. The summed E-state index contributed by atoms with van der Waals surface area (Å²) in [4.78, 5) is 2.38. The van der Waals surface area contributed by atoms with E-state index in [1.54, 1.807) is 14.2 Å². The number of nitrogens with zero attached hydrogens (tertiary/aromatic N) is 2. The fourth-order valence-corrected chi connectivity index (χ4v) is 4.26. The van der Waals surface area contributed by atoms with Gasteiger partial charge < -0.3 is 41.1 Å². The number of methoxy groups -OCH3 is 2. The summed E-state index contributed by atoms with van der Waals surface area (Å²) < 4.78 is 63.2. The van der Waals surface area contributed by atoms with Crippen LogP contribution in [0.5, 0.6) is 11.5 Å². The first-order valence-corrected chi connectivity index (χ1v) is 13.0. The lowest BCUT2D eigenvalue weighted by Gasteiger charge is -2.31. The van der Waals surface area contributed by atoms with Gasteiger partial charge in [-0.05, 0) is 60.2 Å². The second kappa shape index (κ2) is 15.9. The van der Waals surface area contributed by atoms with Gasteiger partial charge in [0.2, 0.25) is 5.71 Å². The molecule has 0 unspecified atom stereocenters. The van der Waals surface area contributed by atoms with Crippen molar-refractivity contribution in [2.45, 2.75) is 0 Å². The Morgan fingerprint density at radius 3 is 1.77 bits per heavy atom. The molecule has 216 valence electrons. The smallest absolute Gasteiger partial charge is 0.497 e. The Labute approximate surface area is 232 Å². The van der Waals surface area contributed by atoms with Gasteiger partial charge in [-0.15, -0.1) is 0 Å². The van der Waals surface area contributed by atoms with Gasteiger partial charge in [0.25, 0.3) is 0 Å². The zero-order valence-corrected chi connectivity index (χ0v) is 22.8. The molecule has 6 nitrogen and oxygen atoms in total. The summed E-state index contributed by atoms with van der Waals surface area (Å²) in [5.74, 6) is 1.72. The SMILES string of the molecule is COc1ccc(C(/C=C/C=C/C=C(\c2ccc(OC)cc2)N2CCOCC2)=[N+]2CCOCC2)cc1.F[B-](F)(F)F. The fraction of sp³-hybridized carbons (Fsp3) is 0.345. The molecule has 0 spiro atoms. The molecule has 11 heteroatoms. The van der Waals surface area contributed by atoms with Gasteiger partial charge in [-0.1, -0.05) is 18.2 Å². The Morgan fingerprint density at radius 2 is 1.25 bits per heavy atom. The minimum absolute atomic E-state index is 0.747. The van der Waals surface area contributed by atoms with Gasteiger partial charge in [0.15, 0.2) is 13.1 Å². The molecule has 0 atom stereocenters. The molecule has 2 aromatic rings. The van der Waals surface area contributed by atoms with E-state index < -0.39 is 7.25 Å². The van der Waals surface area contributed by atoms with Crippen LogP contribution in [0.15, 0.2) is 78.9 Å². The third kappa shape index (κ3) is 10.5. The topological polar surface area (TPSA) is 43.2 Å². The van der Waals surface area contributed by atoms with E-state index in [4.69, 9.17) is 18.9 Å². The standard InChI is InChI=1S/C29H35N2O4.BF4/c1-32-26-12-8-24(9-13-26)28(30-16-20-34-21-17-30)6-4-3-5-7-29(31-18-22-35-23-19-31)25-10-14-27(33-2)15-11-25;2-1(3,4)5/h3-15H,16-23H2,1-2H3;/q+1;-1. The van der Waals surface area contributed by atoms with E-state index in [0.29, 0.717) is 0 Å². The molecule has 0 amide bonds. The van der Waals surface area contributed by atoms with E-state index >= 15 is 0 Å². The van der Waals surface area contributed by atoms with Crippen LogP contribution < -0.4 is 9.47 Å². The van der Waals surface area contributed by atoms with Crippen LogP contribution in [0.1, 0.15) is 11.1 Å². The normalized spacial score (nSPS) is 16.6. The zero-order valence-electron chi connectivity index (χ0n) is 22.8. The van der Waals surface area contributed by atoms with Crippen LogP contribution in [0.25, 0.3) is 5.70 Å². The summed E-state index contributed by atoms with van der Waals surface area (Å²) in [5.41, 5.74) is 4.71. The van der Waals surface area contributed by atoms with Gasteiger partial charge in [0.1, 0.15) is 24.7 Å². The van der Waals surface area contributed by atoms with E-state index in [1.807, 2.05) is 24.3 Å². The second-order valence-electron chi connectivity index (χ2n) is 8.83. The molecule has 2 aliphatic rings. The lowest BCUT2D eigenvalue weighted by molar-refractivity contribution is -0.548. The summed E-state index contributed by atoms with van der Waals surface area (Å²) in [7, 11) is -2.62. The summed E-state index contributed by atoms with van der Waals surface area (Å²) in [6, 6.07) is 16.5. The van der Waals surface area contributed by atoms with Gasteiger partial charge in [-0.3, -0.25) is 0 Å². The number of hydrogen-bond donors (Lipinski definition) is 0. The van der Waals surface area contributed by atoms with Crippen molar-refractivity contribution in [3.05, 3.63) is 90.0 Å². The molecular formula is C29H35BF4N2O4. The average molecular weight is 562 g/mol. The predicted molar refractivity (Wildman–Crippen MR) is 150 cm³/mol. The molecule has 0 N–H and O–H groups in total. The molecule has 0 radical (unpaired) electrons. The van der Waals surface area contributed by atoms with Crippen LogP contribution in [0.3, 0.4) is 0 Å². The van der Waals surface area contributed by atoms with Crippen LogP contribution in [-0.2, 0) is 9.47 Å². The molecule has 40 heavy (non-hydrogen) atoms. The molecule has 2 aliphatic heterocycles. The first kappa shape index (κ1) is 31.0. The van der Waals surface area contributed by atoms with Gasteiger partial charge in [-0.25, -0.2) is 4.58 Å². The highest BCUT2D eigenvalue weighted by Crippen LogP contribution is 2.23. The van der Waals surface area contributed by atoms with Gasteiger partial charge in [0.05, 0.1) is 27.4 Å². The Kier molecular flexibility index (Phi) is 12.3. The lowest BCUT2D eigenvalue weighted by atomic mass is 10.1. The first-order chi connectivity index (χ1) is 19.3. The zero-order chi connectivity index (χ0) is 28.8. The maximum atomic E-state index is 9.75. The fourth-order valence-electron chi connectivity index (χ4n) is 4.26. The number of hydrogen-bond acceptors (Lipinski definition) is 5. The molecule has 0 aliphatic carbocycles. The van der Waals surface area contributed by atoms with Crippen molar-refractivity contribution in [2.24, 2.45) is 0 Å². The number of halogens is 4. The molecule has 4 rings (SSSR count). The van der Waals surface area contributed by atoms with Crippen molar-refractivity contribution in [3.63, 3.8) is 0 Å². The number of ether oxygens (including phenoxy) is 4. The third-order valence-electron chi connectivity index (χ3n) is 6.21. The molecule has 2 fully saturated rings. The van der Waals surface area contributed by atoms with E-state index in [0.717, 1.165) is 64.1 Å². The Balaban J connectivity index is 0.000000810. The van der Waals surface area contributed by atoms with E-state index in [2.05, 4.69) is 64.1 Å². The van der Waals surface area contributed by atoms with Crippen LogP contribution in [0, 0.1) is 0 Å². The maximum absolute atomic E-state index is 9.75. The number of allylic oxidation sites excluding steroid dienone is 5.